The van der Waals surface area contributed by atoms with E-state index in [4.69, 9.17) is 0 Å². The Labute approximate surface area is 170 Å². The van der Waals surface area contributed by atoms with E-state index in [1.54, 1.807) is 48.5 Å². The summed E-state index contributed by atoms with van der Waals surface area (Å²) in [6.07, 6.45) is 0.160. The van der Waals surface area contributed by atoms with Gasteiger partial charge < -0.3 is 4.90 Å². The third kappa shape index (κ3) is 3.71. The van der Waals surface area contributed by atoms with Crippen molar-refractivity contribution in [3.8, 4) is 0 Å². The average Bonchev–Trinajstić information content (AvgIpc) is 3.03. The Morgan fingerprint density at radius 1 is 0.931 bits per heavy atom. The SMILES string of the molecule is Cc1ccc(S(=O)(=O)N2CC[NH+]([C@H]3CC(=O)N(c4ccccc4)C3=O)CC2)cc1. The van der Waals surface area contributed by atoms with E-state index in [1.807, 2.05) is 13.0 Å². The molecule has 7 nitrogen and oxygen atoms in total. The number of carbonyl (C=O) groups excluding carboxylic acids is 2. The molecule has 0 aliphatic carbocycles. The molecule has 2 saturated heterocycles. The standard InChI is InChI=1S/C21H23N3O4S/c1-16-7-9-18(10-8-16)29(27,28)23-13-11-22(12-14-23)19-15-20(25)24(21(19)26)17-5-3-2-4-6-17/h2-10,19H,11-15H2,1H3/p+1/t19-/m0/s1. The summed E-state index contributed by atoms with van der Waals surface area (Å²) in [5, 5.41) is 0. The molecule has 0 bridgehead atoms. The maximum absolute atomic E-state index is 12.9. The Kier molecular flexibility index (Phi) is 5.24. The highest BCUT2D eigenvalue weighted by atomic mass is 32.2. The smallest absolute Gasteiger partial charge is 0.292 e. The summed E-state index contributed by atoms with van der Waals surface area (Å²) in [4.78, 5) is 27.9. The van der Waals surface area contributed by atoms with Gasteiger partial charge in [0.05, 0.1) is 43.2 Å². The van der Waals surface area contributed by atoms with Crippen LogP contribution in [0.2, 0.25) is 0 Å². The number of imide groups is 1. The van der Waals surface area contributed by atoms with Gasteiger partial charge in [0.25, 0.3) is 5.91 Å². The molecule has 2 aliphatic heterocycles. The highest BCUT2D eigenvalue weighted by Gasteiger charge is 2.47. The van der Waals surface area contributed by atoms with Crippen molar-refractivity contribution in [3.05, 3.63) is 60.2 Å². The lowest BCUT2D eigenvalue weighted by Gasteiger charge is -2.33. The summed E-state index contributed by atoms with van der Waals surface area (Å²) >= 11 is 0. The number of aryl methyl sites for hydroxylation is 1. The Bertz CT molecular complexity index is 1010. The third-order valence-corrected chi connectivity index (χ3v) is 7.59. The lowest BCUT2D eigenvalue weighted by molar-refractivity contribution is -0.918. The predicted octanol–water partition coefficient (Wildman–Crippen LogP) is 0.216. The van der Waals surface area contributed by atoms with Crippen molar-refractivity contribution in [1.29, 1.82) is 0 Å². The van der Waals surface area contributed by atoms with E-state index in [0.29, 0.717) is 31.9 Å². The number of sulfonamides is 1. The first kappa shape index (κ1) is 19.8. The zero-order valence-corrected chi connectivity index (χ0v) is 17.1. The second-order valence-corrected chi connectivity index (χ2v) is 9.47. The van der Waals surface area contributed by atoms with Gasteiger partial charge in [-0.25, -0.2) is 13.3 Å². The Morgan fingerprint density at radius 2 is 1.55 bits per heavy atom. The van der Waals surface area contributed by atoms with Crippen LogP contribution in [0.25, 0.3) is 0 Å². The third-order valence-electron chi connectivity index (χ3n) is 5.68. The first-order chi connectivity index (χ1) is 13.9. The Morgan fingerprint density at radius 3 is 2.17 bits per heavy atom. The fraction of sp³-hybridized carbons (Fsp3) is 0.333. The number of para-hydroxylation sites is 1. The second-order valence-electron chi connectivity index (χ2n) is 7.54. The van der Waals surface area contributed by atoms with Crippen LogP contribution in [0.4, 0.5) is 5.69 Å². The molecule has 0 saturated carbocycles. The molecule has 1 atom stereocenters. The second kappa shape index (κ2) is 7.70. The lowest BCUT2D eigenvalue weighted by atomic mass is 10.2. The van der Waals surface area contributed by atoms with Gasteiger partial charge in [-0.2, -0.15) is 4.31 Å². The minimum absolute atomic E-state index is 0.160. The fourth-order valence-electron chi connectivity index (χ4n) is 4.02. The summed E-state index contributed by atoms with van der Waals surface area (Å²) in [5.41, 5.74) is 1.59. The van der Waals surface area contributed by atoms with E-state index >= 15 is 0 Å². The van der Waals surface area contributed by atoms with Crippen LogP contribution in [0.3, 0.4) is 0 Å². The summed E-state index contributed by atoms with van der Waals surface area (Å²) in [6.45, 7) is 3.57. The van der Waals surface area contributed by atoms with Crippen molar-refractivity contribution in [2.24, 2.45) is 0 Å². The Balaban J connectivity index is 1.44. The van der Waals surface area contributed by atoms with Gasteiger partial charge in [0.15, 0.2) is 6.04 Å². The van der Waals surface area contributed by atoms with Gasteiger partial charge in [-0.05, 0) is 31.2 Å². The topological polar surface area (TPSA) is 79.2 Å². The van der Waals surface area contributed by atoms with Gasteiger partial charge >= 0.3 is 0 Å². The van der Waals surface area contributed by atoms with E-state index in [9.17, 15) is 18.0 Å². The average molecular weight is 415 g/mol. The van der Waals surface area contributed by atoms with Crippen molar-refractivity contribution in [2.75, 3.05) is 31.1 Å². The van der Waals surface area contributed by atoms with Gasteiger partial charge in [0.1, 0.15) is 0 Å². The monoisotopic (exact) mass is 414 g/mol. The molecule has 0 radical (unpaired) electrons. The van der Waals surface area contributed by atoms with Crippen molar-refractivity contribution in [2.45, 2.75) is 24.3 Å². The first-order valence-electron chi connectivity index (χ1n) is 9.71. The molecule has 2 aromatic rings. The van der Waals surface area contributed by atoms with Crippen LogP contribution in [0, 0.1) is 6.92 Å². The van der Waals surface area contributed by atoms with Crippen LogP contribution in [-0.4, -0.2) is 56.8 Å². The quantitative estimate of drug-likeness (QED) is 0.726. The van der Waals surface area contributed by atoms with E-state index < -0.39 is 16.1 Å². The van der Waals surface area contributed by atoms with E-state index in [-0.39, 0.29) is 23.1 Å². The predicted molar refractivity (Wildman–Crippen MR) is 108 cm³/mol. The van der Waals surface area contributed by atoms with Crippen molar-refractivity contribution in [3.63, 3.8) is 0 Å². The number of benzene rings is 2. The van der Waals surface area contributed by atoms with Crippen molar-refractivity contribution < 1.29 is 22.9 Å². The van der Waals surface area contributed by atoms with Gasteiger partial charge in [-0.3, -0.25) is 9.59 Å². The number of piperazine rings is 1. The van der Waals surface area contributed by atoms with Gasteiger partial charge in [0.2, 0.25) is 15.9 Å². The molecule has 2 amide bonds. The molecule has 2 aromatic carbocycles. The minimum Gasteiger partial charge on any atom is -0.322 e. The van der Waals surface area contributed by atoms with Crippen molar-refractivity contribution in [1.82, 2.24) is 4.31 Å². The molecule has 4 rings (SSSR count). The minimum atomic E-state index is -3.55. The van der Waals surface area contributed by atoms with Gasteiger partial charge in [-0.1, -0.05) is 35.9 Å². The normalized spacial score (nSPS) is 21.7. The maximum atomic E-state index is 12.9. The number of quaternary nitrogens is 1. The fourth-order valence-corrected chi connectivity index (χ4v) is 5.46. The van der Waals surface area contributed by atoms with Crippen molar-refractivity contribution >= 4 is 27.5 Å². The maximum Gasteiger partial charge on any atom is 0.292 e. The highest BCUT2D eigenvalue weighted by Crippen LogP contribution is 2.22. The van der Waals surface area contributed by atoms with E-state index in [1.165, 1.54) is 9.21 Å². The molecule has 2 fully saturated rings. The zero-order valence-electron chi connectivity index (χ0n) is 16.2. The van der Waals surface area contributed by atoms with Crippen LogP contribution < -0.4 is 9.80 Å². The summed E-state index contributed by atoms with van der Waals surface area (Å²) in [7, 11) is -3.55. The molecule has 29 heavy (non-hydrogen) atoms. The summed E-state index contributed by atoms with van der Waals surface area (Å²) in [5.74, 6) is -0.403. The molecule has 152 valence electrons. The van der Waals surface area contributed by atoms with Crippen LogP contribution >= 0.6 is 0 Å². The molecule has 2 heterocycles. The van der Waals surface area contributed by atoms with Crippen LogP contribution in [0.5, 0.6) is 0 Å². The van der Waals surface area contributed by atoms with Crippen LogP contribution in [-0.2, 0) is 19.6 Å². The molecular formula is C21H24N3O4S+. The van der Waals surface area contributed by atoms with E-state index in [0.717, 1.165) is 10.5 Å². The molecule has 0 spiro atoms. The highest BCUT2D eigenvalue weighted by molar-refractivity contribution is 7.89. The van der Waals surface area contributed by atoms with Gasteiger partial charge in [-0.15, -0.1) is 0 Å². The number of amides is 2. The number of carbonyl (C=O) groups is 2. The number of anilines is 1. The molecular weight excluding hydrogens is 390 g/mol. The van der Waals surface area contributed by atoms with Gasteiger partial charge in [0, 0.05) is 0 Å². The summed E-state index contributed by atoms with van der Waals surface area (Å²) in [6, 6.07) is 15.3. The molecule has 0 aromatic heterocycles. The number of hydrogen-bond acceptors (Lipinski definition) is 4. The largest absolute Gasteiger partial charge is 0.322 e. The molecule has 0 unspecified atom stereocenters. The number of nitrogens with zero attached hydrogens (tertiary/aromatic N) is 2. The van der Waals surface area contributed by atoms with Crippen LogP contribution in [0.1, 0.15) is 12.0 Å². The van der Waals surface area contributed by atoms with E-state index in [2.05, 4.69) is 0 Å². The number of hydrogen-bond donors (Lipinski definition) is 1. The molecule has 2 aliphatic rings. The number of nitrogens with one attached hydrogen (secondary N) is 1. The number of rotatable bonds is 4. The summed E-state index contributed by atoms with van der Waals surface area (Å²) < 4.78 is 27.2. The zero-order chi connectivity index (χ0) is 20.6. The first-order valence-corrected chi connectivity index (χ1v) is 11.1. The van der Waals surface area contributed by atoms with Crippen LogP contribution in [0.15, 0.2) is 59.5 Å². The molecule has 8 heteroatoms. The molecule has 1 N–H and O–H groups in total. The lowest BCUT2D eigenvalue weighted by Crippen LogP contribution is -3.19. The Hall–Kier alpha value is -2.55.